The van der Waals surface area contributed by atoms with E-state index in [2.05, 4.69) is 10.4 Å². The summed E-state index contributed by atoms with van der Waals surface area (Å²) in [5.74, 6) is -0.915. The second-order valence-electron chi connectivity index (χ2n) is 6.16. The zero-order chi connectivity index (χ0) is 17.9. The number of carbonyl (C=O) groups excluding carboxylic acids is 1. The van der Waals surface area contributed by atoms with E-state index in [9.17, 15) is 14.3 Å². The maximum absolute atomic E-state index is 13.6. The Morgan fingerprint density at radius 1 is 1.38 bits per heavy atom. The van der Waals surface area contributed by atoms with E-state index in [1.165, 1.54) is 12.1 Å². The average molecular weight is 333 g/mol. The van der Waals surface area contributed by atoms with Crippen LogP contribution in [-0.2, 0) is 18.3 Å². The van der Waals surface area contributed by atoms with Crippen LogP contribution in [0.4, 0.5) is 4.39 Å². The lowest BCUT2D eigenvalue weighted by atomic mass is 9.98. The molecule has 0 bridgehead atoms. The Kier molecular flexibility index (Phi) is 5.72. The lowest BCUT2D eigenvalue weighted by Crippen LogP contribution is -2.33. The molecule has 130 valence electrons. The van der Waals surface area contributed by atoms with Gasteiger partial charge in [-0.3, -0.25) is 9.48 Å². The maximum Gasteiger partial charge on any atom is 0.223 e. The van der Waals surface area contributed by atoms with Crippen LogP contribution in [-0.4, -0.2) is 27.3 Å². The van der Waals surface area contributed by atoms with Gasteiger partial charge in [-0.1, -0.05) is 25.1 Å². The first-order valence-corrected chi connectivity index (χ1v) is 8.00. The van der Waals surface area contributed by atoms with E-state index in [0.717, 1.165) is 17.0 Å². The molecule has 1 amide bonds. The Morgan fingerprint density at radius 2 is 2.04 bits per heavy atom. The number of carbonyl (C=O) groups is 1. The quantitative estimate of drug-likeness (QED) is 0.852. The van der Waals surface area contributed by atoms with Crippen molar-refractivity contribution in [3.8, 4) is 0 Å². The molecule has 0 saturated heterocycles. The first-order valence-electron chi connectivity index (χ1n) is 8.00. The molecule has 24 heavy (non-hydrogen) atoms. The Labute approximate surface area is 141 Å². The number of benzene rings is 1. The Balaban J connectivity index is 1.93. The van der Waals surface area contributed by atoms with Crippen molar-refractivity contribution in [2.24, 2.45) is 13.0 Å². The lowest BCUT2D eigenvalue weighted by Gasteiger charge is -2.16. The standard InChI is InChI=1S/C18H24FN3O2/c1-11(9-15-12(2)21-22(4)13(15)3)18(24)20-10-17(23)14-7-5-6-8-16(14)19/h5-8,11,17,23H,9-10H2,1-4H3,(H,20,24). The van der Waals surface area contributed by atoms with Crippen LogP contribution in [0.3, 0.4) is 0 Å². The molecule has 0 aliphatic carbocycles. The van der Waals surface area contributed by atoms with E-state index in [1.807, 2.05) is 27.8 Å². The number of hydrogen-bond donors (Lipinski definition) is 2. The molecule has 2 aromatic rings. The average Bonchev–Trinajstić information content (AvgIpc) is 2.79. The van der Waals surface area contributed by atoms with Gasteiger partial charge in [-0.2, -0.15) is 5.10 Å². The predicted octanol–water partition coefficient (Wildman–Crippen LogP) is 2.20. The molecule has 1 aromatic heterocycles. The van der Waals surface area contributed by atoms with Crippen molar-refractivity contribution in [2.75, 3.05) is 6.54 Å². The Hall–Kier alpha value is -2.21. The van der Waals surface area contributed by atoms with Gasteiger partial charge >= 0.3 is 0 Å². The summed E-state index contributed by atoms with van der Waals surface area (Å²) < 4.78 is 15.4. The molecule has 0 saturated carbocycles. The van der Waals surface area contributed by atoms with Gasteiger partial charge in [-0.15, -0.1) is 0 Å². The molecule has 2 atom stereocenters. The minimum atomic E-state index is -1.07. The van der Waals surface area contributed by atoms with Gasteiger partial charge in [0.2, 0.25) is 5.91 Å². The molecule has 2 N–H and O–H groups in total. The highest BCUT2D eigenvalue weighted by Crippen LogP contribution is 2.18. The van der Waals surface area contributed by atoms with Gasteiger partial charge in [-0.25, -0.2) is 4.39 Å². The van der Waals surface area contributed by atoms with Crippen LogP contribution in [0.2, 0.25) is 0 Å². The number of aliphatic hydroxyl groups excluding tert-OH is 1. The molecule has 0 spiro atoms. The summed E-state index contributed by atoms with van der Waals surface area (Å²) >= 11 is 0. The van der Waals surface area contributed by atoms with E-state index in [-0.39, 0.29) is 23.9 Å². The smallest absolute Gasteiger partial charge is 0.223 e. The number of nitrogens with one attached hydrogen (secondary N) is 1. The van der Waals surface area contributed by atoms with Crippen LogP contribution in [0.15, 0.2) is 24.3 Å². The molecule has 5 nitrogen and oxygen atoms in total. The molecule has 1 heterocycles. The summed E-state index contributed by atoms with van der Waals surface area (Å²) in [7, 11) is 1.88. The van der Waals surface area contributed by atoms with Crippen molar-refractivity contribution in [2.45, 2.75) is 33.3 Å². The lowest BCUT2D eigenvalue weighted by molar-refractivity contribution is -0.124. The third-order valence-electron chi connectivity index (χ3n) is 4.35. The second-order valence-corrected chi connectivity index (χ2v) is 6.16. The van der Waals surface area contributed by atoms with E-state index < -0.39 is 11.9 Å². The largest absolute Gasteiger partial charge is 0.386 e. The second kappa shape index (κ2) is 7.57. The molecule has 0 aliphatic rings. The van der Waals surface area contributed by atoms with Crippen LogP contribution < -0.4 is 5.32 Å². The van der Waals surface area contributed by atoms with Crippen molar-refractivity contribution < 1.29 is 14.3 Å². The first kappa shape index (κ1) is 18.1. The third-order valence-corrected chi connectivity index (χ3v) is 4.35. The minimum Gasteiger partial charge on any atom is -0.386 e. The molecule has 0 aliphatic heterocycles. The van der Waals surface area contributed by atoms with Gasteiger partial charge in [0.1, 0.15) is 5.82 Å². The van der Waals surface area contributed by atoms with Crippen molar-refractivity contribution in [3.63, 3.8) is 0 Å². The van der Waals surface area contributed by atoms with E-state index in [1.54, 1.807) is 16.8 Å². The molecule has 6 heteroatoms. The highest BCUT2D eigenvalue weighted by Gasteiger charge is 2.20. The fraction of sp³-hybridized carbons (Fsp3) is 0.444. The first-order chi connectivity index (χ1) is 11.3. The Morgan fingerprint density at radius 3 is 2.62 bits per heavy atom. The molecular weight excluding hydrogens is 309 g/mol. The molecular formula is C18H24FN3O2. The SMILES string of the molecule is Cc1nn(C)c(C)c1CC(C)C(=O)NCC(O)c1ccccc1F. The normalized spacial score (nSPS) is 13.6. The summed E-state index contributed by atoms with van der Waals surface area (Å²) in [6.45, 7) is 5.71. The zero-order valence-electron chi connectivity index (χ0n) is 14.5. The van der Waals surface area contributed by atoms with Gasteiger partial charge in [0.25, 0.3) is 0 Å². The number of aromatic nitrogens is 2. The number of nitrogens with zero attached hydrogens (tertiary/aromatic N) is 2. The van der Waals surface area contributed by atoms with Gasteiger partial charge in [0.05, 0.1) is 11.8 Å². The van der Waals surface area contributed by atoms with Crippen molar-refractivity contribution >= 4 is 5.91 Å². The number of amides is 1. The van der Waals surface area contributed by atoms with Crippen LogP contribution >= 0.6 is 0 Å². The van der Waals surface area contributed by atoms with Gasteiger partial charge in [0, 0.05) is 30.8 Å². The topological polar surface area (TPSA) is 67.2 Å². The zero-order valence-corrected chi connectivity index (χ0v) is 14.5. The molecule has 1 aromatic carbocycles. The van der Waals surface area contributed by atoms with E-state index in [4.69, 9.17) is 0 Å². The van der Waals surface area contributed by atoms with Crippen LogP contribution in [0.25, 0.3) is 0 Å². The number of aryl methyl sites for hydroxylation is 2. The summed E-state index contributed by atoms with van der Waals surface area (Å²) in [6, 6.07) is 6.01. The summed E-state index contributed by atoms with van der Waals surface area (Å²) in [6.07, 6.45) is -0.489. The van der Waals surface area contributed by atoms with Gasteiger partial charge in [-0.05, 0) is 31.9 Å². The van der Waals surface area contributed by atoms with Crippen LogP contribution in [0.5, 0.6) is 0 Å². The molecule has 0 fully saturated rings. The minimum absolute atomic E-state index is 0.0187. The predicted molar refractivity (Wildman–Crippen MR) is 89.9 cm³/mol. The van der Waals surface area contributed by atoms with Gasteiger partial charge in [0.15, 0.2) is 0 Å². The Bertz CT molecular complexity index is 727. The fourth-order valence-corrected chi connectivity index (χ4v) is 2.74. The fourth-order valence-electron chi connectivity index (χ4n) is 2.74. The van der Waals surface area contributed by atoms with Crippen molar-refractivity contribution in [1.82, 2.24) is 15.1 Å². The van der Waals surface area contributed by atoms with Crippen molar-refractivity contribution in [1.29, 1.82) is 0 Å². The summed E-state index contributed by atoms with van der Waals surface area (Å²) in [5, 5.41) is 17.1. The van der Waals surface area contributed by atoms with Crippen LogP contribution in [0, 0.1) is 25.6 Å². The number of rotatable bonds is 6. The third kappa shape index (κ3) is 4.00. The number of aliphatic hydroxyl groups is 1. The maximum atomic E-state index is 13.6. The molecule has 2 rings (SSSR count). The summed E-state index contributed by atoms with van der Waals surface area (Å²) in [5.41, 5.74) is 3.21. The number of halogens is 1. The van der Waals surface area contributed by atoms with E-state index in [0.29, 0.717) is 6.42 Å². The van der Waals surface area contributed by atoms with Crippen LogP contribution in [0.1, 0.15) is 35.5 Å². The summed E-state index contributed by atoms with van der Waals surface area (Å²) in [4.78, 5) is 12.3. The van der Waals surface area contributed by atoms with Crippen molar-refractivity contribution in [3.05, 3.63) is 52.6 Å². The molecule has 2 unspecified atom stereocenters. The van der Waals surface area contributed by atoms with Gasteiger partial charge < -0.3 is 10.4 Å². The number of hydrogen-bond acceptors (Lipinski definition) is 3. The highest BCUT2D eigenvalue weighted by molar-refractivity contribution is 5.78. The van der Waals surface area contributed by atoms with E-state index >= 15 is 0 Å². The monoisotopic (exact) mass is 333 g/mol. The highest BCUT2D eigenvalue weighted by atomic mass is 19.1. The molecule has 0 radical (unpaired) electrons.